The van der Waals surface area contributed by atoms with E-state index in [1.54, 1.807) is 103 Å². The molecule has 0 unspecified atom stereocenters. The van der Waals surface area contributed by atoms with Crippen LogP contribution < -0.4 is 21.4 Å². The summed E-state index contributed by atoms with van der Waals surface area (Å²) in [5.41, 5.74) is 9.36. The molecule has 0 N–H and O–H groups in total. The van der Waals surface area contributed by atoms with Gasteiger partial charge >= 0.3 is 0 Å². The fraction of sp³-hybridized carbons (Fsp3) is 0.280. The van der Waals surface area contributed by atoms with Crippen LogP contribution in [0.2, 0.25) is 0 Å². The average Bonchev–Trinajstić information content (AvgIpc) is 1.34. The van der Waals surface area contributed by atoms with Gasteiger partial charge in [-0.1, -0.05) is 25.6 Å². The predicted octanol–water partition coefficient (Wildman–Crippen LogP) is 15.6. The molecule has 0 radical (unpaired) electrons. The van der Waals surface area contributed by atoms with Gasteiger partial charge in [-0.3, -0.25) is 23.5 Å². The van der Waals surface area contributed by atoms with E-state index in [4.69, 9.17) is 9.72 Å². The van der Waals surface area contributed by atoms with Crippen molar-refractivity contribution in [1.82, 2.24) is 102 Å². The monoisotopic (exact) mass is 1830 g/mol. The van der Waals surface area contributed by atoms with Gasteiger partial charge in [0.25, 0.3) is 16.7 Å². The van der Waals surface area contributed by atoms with Crippen molar-refractivity contribution in [2.24, 2.45) is 0 Å². The van der Waals surface area contributed by atoms with Crippen LogP contribution in [-0.2, 0) is 42.1 Å². The SMILES string of the molecule is C.COc1c(F)c2cc(C)c(-n3cnc(C4CC4)c3)cc2c(=O)n1-c1cccc(-c2nncn2C(C)C)n1.Cc1cc2c(F)cn(-c3cccc(-c4nncn4C(C)C)n3)c(=O)c2cc1-n1cnc(C2CC2)c1.Cc1cc2ccn(-c3cccc(-c4nncn4C(C)C)n3)c(=O)c2cc1-n1cnc(C2CC2)c1.[CH3-].[CH3-].[W].[W]. The van der Waals surface area contributed by atoms with E-state index in [-0.39, 0.29) is 127 Å². The molecule has 0 bridgehead atoms. The molecular formula is C82H85F2N21O4W2-2. The first kappa shape index (κ1) is 80.8. The van der Waals surface area contributed by atoms with Gasteiger partial charge in [0, 0.05) is 119 Å². The Morgan fingerprint density at radius 1 is 0.441 bits per heavy atom. The Labute approximate surface area is 668 Å². The maximum absolute atomic E-state index is 15.8. The Morgan fingerprint density at radius 3 is 1.24 bits per heavy atom. The number of pyridine rings is 6. The fourth-order valence-electron chi connectivity index (χ4n) is 13.5. The van der Waals surface area contributed by atoms with Crippen molar-refractivity contribution < 1.29 is 55.6 Å². The Balaban J connectivity index is 0.000000161. The van der Waals surface area contributed by atoms with Crippen molar-refractivity contribution >= 4 is 32.3 Å². The van der Waals surface area contributed by atoms with Crippen LogP contribution in [0, 0.1) is 47.3 Å². The summed E-state index contributed by atoms with van der Waals surface area (Å²) in [6, 6.07) is 29.3. The smallest absolute Gasteiger partial charge is 0.267 e. The number of hydrogen-bond acceptors (Lipinski definition) is 16. The molecule has 570 valence electrons. The van der Waals surface area contributed by atoms with Gasteiger partial charge in [-0.2, -0.15) is 0 Å². The van der Waals surface area contributed by atoms with Crippen molar-refractivity contribution in [3.8, 4) is 75.0 Å². The molecule has 3 aliphatic carbocycles. The fourth-order valence-corrected chi connectivity index (χ4v) is 13.5. The third kappa shape index (κ3) is 15.6. The van der Waals surface area contributed by atoms with Gasteiger partial charge in [0.2, 0.25) is 5.88 Å². The molecule has 0 amide bonds. The van der Waals surface area contributed by atoms with E-state index in [9.17, 15) is 14.4 Å². The number of fused-ring (bicyclic) bond motifs is 3. The molecule has 0 aliphatic heterocycles. The molecule has 12 heterocycles. The van der Waals surface area contributed by atoms with Crippen LogP contribution in [0.5, 0.6) is 5.88 Å². The van der Waals surface area contributed by atoms with E-state index in [1.165, 1.54) is 35.3 Å². The Morgan fingerprint density at radius 2 is 0.820 bits per heavy atom. The predicted molar refractivity (Wildman–Crippen MR) is 418 cm³/mol. The number of methoxy groups -OCH3 is 1. The zero-order chi connectivity index (χ0) is 73.5. The number of aryl methyl sites for hydroxylation is 3. The van der Waals surface area contributed by atoms with Gasteiger partial charge < -0.3 is 47.0 Å². The standard InChI is InChI=1S/C27H26FN7O2.C26H24FN7O.C26H25N7O.CH4.2CH3.2W/c1-15(2)34-14-30-32-25(34)20-6-5-7-23(31-20)35-26(36)19-11-22(33-12-21(29-13-33)17-8-9-17)16(3)10-18(19)24(28)27(35)37-4;1-15(2)34-14-29-31-25(34)21-5-4-6-24(30-21)33-11-20(27)18-9-16(3)23(10-19(18)26(33)35)32-12-22(28-13-32)17-7-8-17;1-16(2)33-15-28-30-25(33)21-5-4-6-24(29-21)32-10-9-19-11-17(3)23(12-20(19)26(32)34)31-13-22(27-14-31)18-7-8-18;;;;;/h5-7,10-15,17H,8-9H2,1-4H3;4-6,9-15,17H,7-8H2,1-3H3;4-6,9-16,18H,7-8H2,1-3H3;1H4;2*1H3;;/q;;;;2*-1;;. The minimum Gasteiger partial charge on any atom is -0.480 e. The molecule has 29 heteroatoms. The molecule has 18 rings (SSSR count). The number of halogens is 2. The first-order valence-electron chi connectivity index (χ1n) is 35.5. The van der Waals surface area contributed by atoms with Crippen molar-refractivity contribution in [2.75, 3.05) is 7.11 Å². The van der Waals surface area contributed by atoms with Crippen LogP contribution >= 0.6 is 0 Å². The Bertz CT molecular complexity index is 6130. The van der Waals surface area contributed by atoms with Gasteiger partial charge in [-0.25, -0.2) is 43.3 Å². The molecule has 3 saturated carbocycles. The number of imidazole rings is 3. The largest absolute Gasteiger partial charge is 0.480 e. The van der Waals surface area contributed by atoms with Gasteiger partial charge in [0.05, 0.1) is 77.2 Å². The van der Waals surface area contributed by atoms with E-state index in [0.717, 1.165) is 81.9 Å². The molecule has 15 aromatic rings. The first-order valence-corrected chi connectivity index (χ1v) is 35.5. The molecular weight excluding hydrogens is 1750 g/mol. The van der Waals surface area contributed by atoms with E-state index in [0.29, 0.717) is 69.3 Å². The third-order valence-electron chi connectivity index (χ3n) is 19.7. The average molecular weight is 1830 g/mol. The maximum atomic E-state index is 15.8. The zero-order valence-corrected chi connectivity index (χ0v) is 68.8. The van der Waals surface area contributed by atoms with Crippen LogP contribution in [0.3, 0.4) is 0 Å². The number of hydrogen-bond donors (Lipinski definition) is 0. The summed E-state index contributed by atoms with van der Waals surface area (Å²) in [6.07, 6.45) is 26.4. The quantitative estimate of drug-likeness (QED) is 0.0814. The number of aromatic nitrogens is 21. The molecule has 3 aliphatic rings. The number of nitrogens with zero attached hydrogens (tertiary/aromatic N) is 21. The first-order chi connectivity index (χ1) is 51.3. The van der Waals surface area contributed by atoms with Crippen LogP contribution in [-0.4, -0.2) is 109 Å². The Kier molecular flexibility index (Phi) is 23.9. The molecule has 12 aromatic heterocycles. The van der Waals surface area contributed by atoms with Crippen molar-refractivity contribution in [3.05, 3.63) is 257 Å². The molecule has 3 fully saturated rings. The van der Waals surface area contributed by atoms with Crippen LogP contribution in [0.25, 0.3) is 101 Å². The van der Waals surface area contributed by atoms with E-state index in [1.807, 2.05) is 118 Å². The summed E-state index contributed by atoms with van der Waals surface area (Å²) in [4.78, 5) is 68.7. The molecule has 0 saturated heterocycles. The molecule has 111 heavy (non-hydrogen) atoms. The third-order valence-corrected chi connectivity index (χ3v) is 19.7. The minimum atomic E-state index is -0.631. The second-order valence-electron chi connectivity index (χ2n) is 28.3. The van der Waals surface area contributed by atoms with Crippen LogP contribution in [0.1, 0.15) is 157 Å². The molecule has 25 nitrogen and oxygen atoms in total. The summed E-state index contributed by atoms with van der Waals surface area (Å²) in [5.74, 6) is 3.16. The normalized spacial score (nSPS) is 13.1. The van der Waals surface area contributed by atoms with Crippen molar-refractivity contribution in [1.29, 1.82) is 0 Å². The van der Waals surface area contributed by atoms with E-state index < -0.39 is 17.2 Å². The van der Waals surface area contributed by atoms with Gasteiger partial charge in [-0.05, 0) is 202 Å². The molecule has 0 atom stereocenters. The van der Waals surface area contributed by atoms with Crippen LogP contribution in [0.15, 0.2) is 180 Å². The number of rotatable bonds is 16. The van der Waals surface area contributed by atoms with Gasteiger partial charge in [-0.15, -0.1) is 30.6 Å². The summed E-state index contributed by atoms with van der Waals surface area (Å²) >= 11 is 0. The van der Waals surface area contributed by atoms with Crippen molar-refractivity contribution in [3.63, 3.8) is 0 Å². The topological polar surface area (TPSA) is 259 Å². The van der Waals surface area contributed by atoms with Crippen molar-refractivity contribution in [2.45, 2.75) is 144 Å². The van der Waals surface area contributed by atoms with E-state index >= 15 is 8.78 Å². The Hall–Kier alpha value is -11.2. The minimum absolute atomic E-state index is 0. The van der Waals surface area contributed by atoms with Gasteiger partial charge in [0.1, 0.15) is 59.3 Å². The summed E-state index contributed by atoms with van der Waals surface area (Å²) in [6.45, 7) is 18.1. The van der Waals surface area contributed by atoms with E-state index in [2.05, 4.69) is 88.5 Å². The summed E-state index contributed by atoms with van der Waals surface area (Å²) < 4.78 is 52.0. The van der Waals surface area contributed by atoms with Crippen LogP contribution in [0.4, 0.5) is 8.78 Å². The second-order valence-corrected chi connectivity index (χ2v) is 28.3. The number of ether oxygens (including phenoxy) is 1. The molecule has 3 aromatic carbocycles. The summed E-state index contributed by atoms with van der Waals surface area (Å²) in [5, 5.41) is 27.2. The summed E-state index contributed by atoms with van der Waals surface area (Å²) in [7, 11) is 1.34. The maximum Gasteiger partial charge on any atom is 0.267 e. The number of benzene rings is 3. The second kappa shape index (κ2) is 32.8. The van der Waals surface area contributed by atoms with Gasteiger partial charge in [0.15, 0.2) is 23.3 Å². The zero-order valence-electron chi connectivity index (χ0n) is 62.9. The molecule has 0 spiro atoms.